The van der Waals surface area contributed by atoms with Gasteiger partial charge in [-0.15, -0.1) is 5.10 Å². The van der Waals surface area contributed by atoms with E-state index >= 15 is 0 Å². The number of rotatable bonds is 4. The van der Waals surface area contributed by atoms with Gasteiger partial charge < -0.3 is 5.32 Å². The SMILES string of the molecule is Cc1ccc(CNC(=O)Cn2nc3ccccn3c2=O)c(C)c1. The molecule has 2 heterocycles. The molecular formula is C17H18N4O2. The fourth-order valence-corrected chi connectivity index (χ4v) is 2.50. The maximum atomic E-state index is 12.1. The Bertz CT molecular complexity index is 924. The van der Waals surface area contributed by atoms with E-state index in [0.29, 0.717) is 12.2 Å². The van der Waals surface area contributed by atoms with Gasteiger partial charge in [0.1, 0.15) is 6.54 Å². The monoisotopic (exact) mass is 310 g/mol. The highest BCUT2D eigenvalue weighted by Crippen LogP contribution is 2.09. The van der Waals surface area contributed by atoms with Crippen molar-refractivity contribution in [3.63, 3.8) is 0 Å². The fraction of sp³-hybridized carbons (Fsp3) is 0.235. The number of aryl methyl sites for hydroxylation is 2. The molecule has 0 atom stereocenters. The van der Waals surface area contributed by atoms with Crippen LogP contribution in [0.15, 0.2) is 47.4 Å². The molecule has 1 amide bonds. The van der Waals surface area contributed by atoms with Crippen LogP contribution in [0.25, 0.3) is 5.65 Å². The lowest BCUT2D eigenvalue weighted by atomic mass is 10.1. The standard InChI is InChI=1S/C17H18N4O2/c1-12-6-7-14(13(2)9-12)10-18-16(22)11-21-17(23)20-8-4-3-5-15(20)19-21/h3-9H,10-11H2,1-2H3,(H,18,22). The summed E-state index contributed by atoms with van der Waals surface area (Å²) in [7, 11) is 0. The number of fused-ring (bicyclic) bond motifs is 1. The van der Waals surface area contributed by atoms with Gasteiger partial charge in [0.15, 0.2) is 5.65 Å². The Kier molecular flexibility index (Phi) is 3.97. The highest BCUT2D eigenvalue weighted by molar-refractivity contribution is 5.75. The minimum absolute atomic E-state index is 0.0918. The third-order valence-corrected chi connectivity index (χ3v) is 3.76. The maximum Gasteiger partial charge on any atom is 0.350 e. The van der Waals surface area contributed by atoms with Crippen molar-refractivity contribution >= 4 is 11.6 Å². The van der Waals surface area contributed by atoms with Crippen molar-refractivity contribution in [3.8, 4) is 0 Å². The predicted octanol–water partition coefficient (Wildman–Crippen LogP) is 1.43. The minimum Gasteiger partial charge on any atom is -0.350 e. The lowest BCUT2D eigenvalue weighted by Gasteiger charge is -2.08. The van der Waals surface area contributed by atoms with Crippen molar-refractivity contribution in [1.82, 2.24) is 19.5 Å². The summed E-state index contributed by atoms with van der Waals surface area (Å²) in [6.45, 7) is 4.39. The summed E-state index contributed by atoms with van der Waals surface area (Å²) in [4.78, 5) is 24.2. The van der Waals surface area contributed by atoms with Crippen molar-refractivity contribution in [2.75, 3.05) is 0 Å². The zero-order valence-corrected chi connectivity index (χ0v) is 13.1. The molecule has 0 aliphatic carbocycles. The molecule has 0 unspecified atom stereocenters. The Labute approximate surface area is 133 Å². The molecule has 1 aromatic carbocycles. The van der Waals surface area contributed by atoms with Gasteiger partial charge in [-0.05, 0) is 37.1 Å². The third kappa shape index (κ3) is 3.15. The Hall–Kier alpha value is -2.89. The van der Waals surface area contributed by atoms with Crippen LogP contribution in [0, 0.1) is 13.8 Å². The minimum atomic E-state index is -0.317. The summed E-state index contributed by atoms with van der Waals surface area (Å²) >= 11 is 0. The molecule has 0 bridgehead atoms. The zero-order valence-electron chi connectivity index (χ0n) is 13.1. The lowest BCUT2D eigenvalue weighted by molar-refractivity contribution is -0.122. The topological polar surface area (TPSA) is 68.4 Å². The zero-order chi connectivity index (χ0) is 16.4. The fourth-order valence-electron chi connectivity index (χ4n) is 2.50. The van der Waals surface area contributed by atoms with E-state index in [1.54, 1.807) is 24.4 Å². The molecule has 2 aromatic heterocycles. The van der Waals surface area contributed by atoms with E-state index in [9.17, 15) is 9.59 Å². The molecule has 118 valence electrons. The van der Waals surface area contributed by atoms with Gasteiger partial charge in [0.25, 0.3) is 0 Å². The molecule has 0 saturated heterocycles. The number of aromatic nitrogens is 3. The second kappa shape index (κ2) is 6.08. The molecule has 3 aromatic rings. The van der Waals surface area contributed by atoms with Gasteiger partial charge in [-0.25, -0.2) is 9.48 Å². The molecule has 0 aliphatic rings. The normalized spacial score (nSPS) is 10.9. The van der Waals surface area contributed by atoms with Gasteiger partial charge in [-0.1, -0.05) is 29.8 Å². The summed E-state index contributed by atoms with van der Waals surface area (Å²) in [6, 6.07) is 11.4. The van der Waals surface area contributed by atoms with Gasteiger partial charge in [0, 0.05) is 12.7 Å². The second-order valence-electron chi connectivity index (χ2n) is 5.58. The van der Waals surface area contributed by atoms with Crippen LogP contribution in [0.4, 0.5) is 0 Å². The molecule has 6 heteroatoms. The largest absolute Gasteiger partial charge is 0.350 e. The lowest BCUT2D eigenvalue weighted by Crippen LogP contribution is -2.32. The first-order valence-corrected chi connectivity index (χ1v) is 7.41. The van der Waals surface area contributed by atoms with Crippen LogP contribution in [0.1, 0.15) is 16.7 Å². The van der Waals surface area contributed by atoms with Gasteiger partial charge >= 0.3 is 5.69 Å². The quantitative estimate of drug-likeness (QED) is 0.792. The van der Waals surface area contributed by atoms with Crippen molar-refractivity contribution in [2.24, 2.45) is 0 Å². The summed E-state index contributed by atoms with van der Waals surface area (Å²) in [5, 5.41) is 6.97. The Morgan fingerprint density at radius 2 is 2.04 bits per heavy atom. The first kappa shape index (κ1) is 15.0. The summed E-state index contributed by atoms with van der Waals surface area (Å²) in [5.74, 6) is -0.240. The van der Waals surface area contributed by atoms with E-state index in [-0.39, 0.29) is 18.1 Å². The average molecular weight is 310 g/mol. The van der Waals surface area contributed by atoms with Gasteiger partial charge in [-0.2, -0.15) is 0 Å². The molecule has 0 spiro atoms. The highest BCUT2D eigenvalue weighted by Gasteiger charge is 2.10. The third-order valence-electron chi connectivity index (χ3n) is 3.76. The smallest absolute Gasteiger partial charge is 0.350 e. The number of benzene rings is 1. The van der Waals surface area contributed by atoms with Crippen LogP contribution in [0.2, 0.25) is 0 Å². The van der Waals surface area contributed by atoms with Crippen LogP contribution in [0.3, 0.4) is 0 Å². The number of carbonyl (C=O) groups excluding carboxylic acids is 1. The Balaban J connectivity index is 1.69. The van der Waals surface area contributed by atoms with Crippen LogP contribution < -0.4 is 11.0 Å². The van der Waals surface area contributed by atoms with Gasteiger partial charge in [0.2, 0.25) is 5.91 Å². The summed E-state index contributed by atoms with van der Waals surface area (Å²) < 4.78 is 2.59. The Morgan fingerprint density at radius 3 is 2.78 bits per heavy atom. The van der Waals surface area contributed by atoms with E-state index < -0.39 is 0 Å². The molecule has 23 heavy (non-hydrogen) atoms. The van der Waals surface area contributed by atoms with Gasteiger partial charge in [-0.3, -0.25) is 9.20 Å². The number of hydrogen-bond donors (Lipinski definition) is 1. The number of nitrogens with one attached hydrogen (secondary N) is 1. The van der Waals surface area contributed by atoms with Crippen LogP contribution in [-0.2, 0) is 17.9 Å². The van der Waals surface area contributed by atoms with E-state index in [1.807, 2.05) is 26.0 Å². The molecular weight excluding hydrogens is 292 g/mol. The summed E-state index contributed by atoms with van der Waals surface area (Å²) in [5.41, 5.74) is 3.59. The van der Waals surface area contributed by atoms with Crippen LogP contribution in [0.5, 0.6) is 0 Å². The Morgan fingerprint density at radius 1 is 1.22 bits per heavy atom. The number of pyridine rings is 1. The van der Waals surface area contributed by atoms with Crippen molar-refractivity contribution in [2.45, 2.75) is 26.9 Å². The van der Waals surface area contributed by atoms with Crippen molar-refractivity contribution < 1.29 is 4.79 Å². The van der Waals surface area contributed by atoms with E-state index in [2.05, 4.69) is 16.5 Å². The first-order valence-electron chi connectivity index (χ1n) is 7.41. The highest BCUT2D eigenvalue weighted by atomic mass is 16.2. The molecule has 6 nitrogen and oxygen atoms in total. The van der Waals surface area contributed by atoms with Crippen LogP contribution in [-0.4, -0.2) is 20.1 Å². The van der Waals surface area contributed by atoms with Crippen molar-refractivity contribution in [1.29, 1.82) is 0 Å². The summed E-state index contributed by atoms with van der Waals surface area (Å²) in [6.07, 6.45) is 1.63. The first-order chi connectivity index (χ1) is 11.0. The number of nitrogens with zero attached hydrogens (tertiary/aromatic N) is 3. The van der Waals surface area contributed by atoms with E-state index in [1.165, 1.54) is 14.6 Å². The average Bonchev–Trinajstić information content (AvgIpc) is 2.83. The molecule has 0 saturated carbocycles. The van der Waals surface area contributed by atoms with E-state index in [0.717, 1.165) is 11.1 Å². The number of carbonyl (C=O) groups is 1. The number of hydrogen-bond acceptors (Lipinski definition) is 3. The molecule has 0 radical (unpaired) electrons. The second-order valence-corrected chi connectivity index (χ2v) is 5.58. The van der Waals surface area contributed by atoms with Gasteiger partial charge in [0.05, 0.1) is 0 Å². The predicted molar refractivity (Wildman–Crippen MR) is 87.2 cm³/mol. The number of amides is 1. The molecule has 0 aliphatic heterocycles. The molecule has 3 rings (SSSR count). The maximum absolute atomic E-state index is 12.1. The van der Waals surface area contributed by atoms with Crippen molar-refractivity contribution in [3.05, 3.63) is 69.8 Å². The molecule has 1 N–H and O–H groups in total. The van der Waals surface area contributed by atoms with Crippen LogP contribution >= 0.6 is 0 Å². The van der Waals surface area contributed by atoms with E-state index in [4.69, 9.17) is 0 Å². The molecule has 0 fully saturated rings.